The molecule has 0 unspecified atom stereocenters. The summed E-state index contributed by atoms with van der Waals surface area (Å²) in [6.45, 7) is 0. The molecule has 0 radical (unpaired) electrons. The molecule has 1 aromatic heterocycles. The van der Waals surface area contributed by atoms with Crippen LogP contribution in [0.5, 0.6) is 0 Å². The summed E-state index contributed by atoms with van der Waals surface area (Å²) in [4.78, 5) is 10.4. The average Bonchev–Trinajstić information content (AvgIpc) is 2.12. The molecule has 0 aromatic carbocycles. The smallest absolute Gasteiger partial charge is 0.339 e. The second kappa shape index (κ2) is 3.33. The summed E-state index contributed by atoms with van der Waals surface area (Å²) in [7, 11) is 0. The first kappa shape index (κ1) is 8.27. The van der Waals surface area contributed by atoms with Gasteiger partial charge in [0.05, 0.1) is 5.03 Å². The molecule has 1 heterocycles. The Morgan fingerprint density at radius 3 is 2.56 bits per heavy atom. The molecule has 0 N–H and O–H groups in total. The Morgan fingerprint density at radius 1 is 1.67 bits per heavy atom. The summed E-state index contributed by atoms with van der Waals surface area (Å²) in [6, 6.07) is 1.49. The van der Waals surface area contributed by atoms with E-state index in [1.54, 1.807) is 0 Å². The van der Waals surface area contributed by atoms with Crippen molar-refractivity contribution in [3.8, 4) is 0 Å². The summed E-state index contributed by atoms with van der Waals surface area (Å²) in [6.07, 6.45) is 2.61. The fraction of sp³-hybridized carbons (Fsp3) is 0. The van der Waals surface area contributed by atoms with E-state index in [0.717, 1.165) is 0 Å². The van der Waals surface area contributed by atoms with E-state index in [-0.39, 0.29) is 20.4 Å². The molecule has 0 spiro atoms. The van der Waals surface area contributed by atoms with Crippen LogP contribution in [0.2, 0.25) is 0 Å². The van der Waals surface area contributed by atoms with Crippen LogP contribution in [-0.2, 0) is 20.4 Å². The van der Waals surface area contributed by atoms with Crippen LogP contribution in [0, 0.1) is 10.1 Å². The van der Waals surface area contributed by atoms with Gasteiger partial charge in [-0.15, -0.1) is 0 Å². The van der Waals surface area contributed by atoms with Crippen LogP contribution in [-0.4, -0.2) is 14.9 Å². The van der Waals surface area contributed by atoms with Crippen molar-refractivity contribution in [2.45, 2.75) is 0 Å². The second-order valence-electron chi connectivity index (χ2n) is 1.16. The Morgan fingerprint density at radius 2 is 2.33 bits per heavy atom. The van der Waals surface area contributed by atoms with Crippen molar-refractivity contribution < 1.29 is 25.5 Å². The van der Waals surface area contributed by atoms with E-state index in [0.29, 0.717) is 4.79 Å². The second-order valence-corrected chi connectivity index (χ2v) is 1.16. The summed E-state index contributed by atoms with van der Waals surface area (Å²) in [5.74, 6) is 0. The van der Waals surface area contributed by atoms with Gasteiger partial charge in [-0.25, -0.2) is 0 Å². The number of nitro groups is 1. The minimum Gasteiger partial charge on any atom is -0.339 e. The average molecular weight is 299 g/mol. The van der Waals surface area contributed by atoms with Gasteiger partial charge in [0.1, 0.15) is 6.20 Å². The fourth-order valence-electron chi connectivity index (χ4n) is 0.357. The van der Waals surface area contributed by atoms with Gasteiger partial charge in [0.25, 0.3) is 0 Å². The van der Waals surface area contributed by atoms with Gasteiger partial charge in [0.15, 0.2) is 6.20 Å². The van der Waals surface area contributed by atoms with Gasteiger partial charge in [-0.1, -0.05) is 0 Å². The van der Waals surface area contributed by atoms with E-state index in [1.807, 2.05) is 0 Å². The summed E-state index contributed by atoms with van der Waals surface area (Å²) in [5.41, 5.74) is 0. The van der Waals surface area contributed by atoms with Crippen LogP contribution in [0.1, 0.15) is 0 Å². The predicted molar refractivity (Wildman–Crippen MR) is 24.6 cm³/mol. The quantitative estimate of drug-likeness (QED) is 0.538. The van der Waals surface area contributed by atoms with E-state index in [1.165, 1.54) is 18.5 Å². The first-order chi connectivity index (χ1) is 3.80. The Balaban J connectivity index is 0.000000640. The molecular formula is C3H3N3O2Re+3. The largest absolute Gasteiger partial charge is 3.00 e. The third-order valence-corrected chi connectivity index (χ3v) is 0.658. The number of nitrogens with zero attached hydrogens (tertiary/aromatic N) is 3. The normalized spacial score (nSPS) is 8.00. The SMILES string of the molecule is O=[N+]([O-])n1cccn1.[Re+3]. The Hall–Kier alpha value is -0.728. The van der Waals surface area contributed by atoms with Gasteiger partial charge in [0.2, 0.25) is 0 Å². The molecule has 0 amide bonds. The predicted octanol–water partition coefficient (Wildman–Crippen LogP) is -0.0796. The molecule has 0 aliphatic rings. The Labute approximate surface area is 64.4 Å². The van der Waals surface area contributed by atoms with Crippen LogP contribution in [0.4, 0.5) is 0 Å². The first-order valence-electron chi connectivity index (χ1n) is 1.95. The molecule has 0 fully saturated rings. The van der Waals surface area contributed by atoms with E-state index in [2.05, 4.69) is 5.10 Å². The molecule has 9 heavy (non-hydrogen) atoms. The third kappa shape index (κ3) is 1.92. The van der Waals surface area contributed by atoms with Crippen LogP contribution >= 0.6 is 0 Å². The van der Waals surface area contributed by atoms with Gasteiger partial charge in [0, 0.05) is 16.0 Å². The van der Waals surface area contributed by atoms with E-state index >= 15 is 0 Å². The molecule has 1 aromatic rings. The molecule has 1 rings (SSSR count). The number of hydrogen-bond donors (Lipinski definition) is 0. The Bertz CT molecular complexity index is 185. The topological polar surface area (TPSA) is 61.0 Å². The van der Waals surface area contributed by atoms with Crippen LogP contribution in [0.15, 0.2) is 18.5 Å². The Kier molecular flexibility index (Phi) is 3.06. The van der Waals surface area contributed by atoms with E-state index in [9.17, 15) is 10.1 Å². The van der Waals surface area contributed by atoms with Crippen molar-refractivity contribution in [3.63, 3.8) is 0 Å². The van der Waals surface area contributed by atoms with Gasteiger partial charge >= 0.3 is 20.4 Å². The van der Waals surface area contributed by atoms with Gasteiger partial charge in [-0.2, -0.15) is 0 Å². The standard InChI is InChI=1S/C3H3N3O2.Re/c7-6(8)5-3-1-2-4-5;/h1-3H;/q;+3. The number of aromatic nitrogens is 2. The molecule has 46 valence electrons. The maximum atomic E-state index is 9.77. The summed E-state index contributed by atoms with van der Waals surface area (Å²) < 4.78 is 0. The summed E-state index contributed by atoms with van der Waals surface area (Å²) in [5, 5.41) is 12.5. The van der Waals surface area contributed by atoms with Crippen molar-refractivity contribution >= 4 is 0 Å². The van der Waals surface area contributed by atoms with Crippen LogP contribution < -0.4 is 0 Å². The molecule has 5 nitrogen and oxygen atoms in total. The third-order valence-electron chi connectivity index (χ3n) is 0.658. The first-order valence-corrected chi connectivity index (χ1v) is 1.95. The number of rotatable bonds is 1. The number of hydrogen-bond acceptors (Lipinski definition) is 3. The molecule has 0 aliphatic carbocycles. The van der Waals surface area contributed by atoms with E-state index < -0.39 is 5.03 Å². The van der Waals surface area contributed by atoms with Gasteiger partial charge < -0.3 is 10.1 Å². The maximum Gasteiger partial charge on any atom is 3.00 e. The zero-order chi connectivity index (χ0) is 5.98. The monoisotopic (exact) mass is 300 g/mol. The van der Waals surface area contributed by atoms with Gasteiger partial charge in [-0.05, 0) is 0 Å². The summed E-state index contributed by atoms with van der Waals surface area (Å²) >= 11 is 0. The van der Waals surface area contributed by atoms with Crippen molar-refractivity contribution in [1.29, 1.82) is 0 Å². The van der Waals surface area contributed by atoms with Crippen LogP contribution in [0.25, 0.3) is 0 Å². The molecule has 6 heteroatoms. The molecule has 0 bridgehead atoms. The zero-order valence-electron chi connectivity index (χ0n) is 4.27. The van der Waals surface area contributed by atoms with Crippen molar-refractivity contribution in [2.24, 2.45) is 0 Å². The van der Waals surface area contributed by atoms with Crippen molar-refractivity contribution in [2.75, 3.05) is 0 Å². The van der Waals surface area contributed by atoms with Crippen LogP contribution in [0.3, 0.4) is 0 Å². The maximum absolute atomic E-state index is 9.77. The molecular weight excluding hydrogens is 296 g/mol. The van der Waals surface area contributed by atoms with E-state index in [4.69, 9.17) is 0 Å². The minimum absolute atomic E-state index is 0. The molecule has 0 saturated heterocycles. The molecule has 0 aliphatic heterocycles. The van der Waals surface area contributed by atoms with Gasteiger partial charge in [-0.3, -0.25) is 0 Å². The zero-order valence-corrected chi connectivity index (χ0v) is 6.98. The molecule has 0 saturated carbocycles. The fourth-order valence-corrected chi connectivity index (χ4v) is 0.357. The van der Waals surface area contributed by atoms with Crippen molar-refractivity contribution in [1.82, 2.24) is 9.89 Å². The molecule has 0 atom stereocenters. The minimum atomic E-state index is -0.611. The van der Waals surface area contributed by atoms with Crippen molar-refractivity contribution in [3.05, 3.63) is 28.6 Å².